The molecule has 0 radical (unpaired) electrons. The van der Waals surface area contributed by atoms with Crippen LogP contribution >= 0.6 is 0 Å². The smallest absolute Gasteiger partial charge is 0.115 e. The lowest BCUT2D eigenvalue weighted by molar-refractivity contribution is 0.472. The Bertz CT molecular complexity index is 611. The normalized spacial score (nSPS) is 18.9. The van der Waals surface area contributed by atoms with E-state index in [1.807, 2.05) is 18.2 Å². The summed E-state index contributed by atoms with van der Waals surface area (Å²) in [5, 5.41) is 9.70. The molecule has 0 spiro atoms. The van der Waals surface area contributed by atoms with Gasteiger partial charge in [0, 0.05) is 18.3 Å². The Morgan fingerprint density at radius 1 is 1.25 bits per heavy atom. The van der Waals surface area contributed by atoms with Crippen LogP contribution in [0.4, 0.5) is 5.69 Å². The maximum atomic E-state index is 9.70. The standard InChI is InChI=1S/C17H20N2O/c1-12-9-13-5-2-3-8-16(13)19(12)17(11-18)14-6-4-7-15(20)10-14/h2-8,10,12,17,20H,9,11,18H2,1H3. The summed E-state index contributed by atoms with van der Waals surface area (Å²) in [6.45, 7) is 2.76. The largest absolute Gasteiger partial charge is 0.508 e. The Hall–Kier alpha value is -2.00. The monoisotopic (exact) mass is 268 g/mol. The minimum Gasteiger partial charge on any atom is -0.508 e. The van der Waals surface area contributed by atoms with E-state index in [9.17, 15) is 5.11 Å². The van der Waals surface area contributed by atoms with Gasteiger partial charge in [-0.3, -0.25) is 0 Å². The van der Waals surface area contributed by atoms with Gasteiger partial charge in [0.15, 0.2) is 0 Å². The number of para-hydroxylation sites is 1. The van der Waals surface area contributed by atoms with E-state index < -0.39 is 0 Å². The number of nitrogens with two attached hydrogens (primary N) is 1. The average molecular weight is 268 g/mol. The van der Waals surface area contributed by atoms with Crippen molar-refractivity contribution in [3.63, 3.8) is 0 Å². The van der Waals surface area contributed by atoms with Gasteiger partial charge in [0.1, 0.15) is 5.75 Å². The zero-order valence-corrected chi connectivity index (χ0v) is 11.7. The van der Waals surface area contributed by atoms with Crippen molar-refractivity contribution in [3.05, 3.63) is 59.7 Å². The fourth-order valence-electron chi connectivity index (χ4n) is 3.21. The topological polar surface area (TPSA) is 49.5 Å². The zero-order valence-electron chi connectivity index (χ0n) is 11.7. The Balaban J connectivity index is 2.02. The molecule has 1 heterocycles. The first-order valence-electron chi connectivity index (χ1n) is 7.06. The summed E-state index contributed by atoms with van der Waals surface area (Å²) in [7, 11) is 0. The fourth-order valence-corrected chi connectivity index (χ4v) is 3.21. The molecular formula is C17H20N2O. The number of hydrogen-bond acceptors (Lipinski definition) is 3. The predicted molar refractivity (Wildman–Crippen MR) is 82.0 cm³/mol. The summed E-state index contributed by atoms with van der Waals surface area (Å²) in [5.74, 6) is 0.293. The second-order valence-corrected chi connectivity index (χ2v) is 5.44. The lowest BCUT2D eigenvalue weighted by atomic mass is 10.0. The molecule has 0 amide bonds. The van der Waals surface area contributed by atoms with Crippen molar-refractivity contribution < 1.29 is 5.11 Å². The first-order chi connectivity index (χ1) is 9.70. The Labute approximate surface area is 119 Å². The molecule has 0 aliphatic carbocycles. The zero-order chi connectivity index (χ0) is 14.1. The second-order valence-electron chi connectivity index (χ2n) is 5.44. The summed E-state index contributed by atoms with van der Waals surface area (Å²) in [6, 6.07) is 16.4. The highest BCUT2D eigenvalue weighted by Gasteiger charge is 2.31. The number of phenols is 1. The number of nitrogens with zero attached hydrogens (tertiary/aromatic N) is 1. The van der Waals surface area contributed by atoms with E-state index in [4.69, 9.17) is 5.73 Å². The average Bonchev–Trinajstić information content (AvgIpc) is 2.77. The van der Waals surface area contributed by atoms with E-state index in [0.29, 0.717) is 18.3 Å². The molecule has 104 valence electrons. The Morgan fingerprint density at radius 3 is 2.80 bits per heavy atom. The number of rotatable bonds is 3. The van der Waals surface area contributed by atoms with Crippen LogP contribution < -0.4 is 10.6 Å². The molecule has 3 N–H and O–H groups in total. The minimum atomic E-state index is 0.0979. The van der Waals surface area contributed by atoms with Gasteiger partial charge in [-0.05, 0) is 42.7 Å². The van der Waals surface area contributed by atoms with E-state index in [-0.39, 0.29) is 6.04 Å². The van der Waals surface area contributed by atoms with Crippen molar-refractivity contribution in [1.82, 2.24) is 0 Å². The lowest BCUT2D eigenvalue weighted by Crippen LogP contribution is -2.37. The molecule has 0 aromatic heterocycles. The van der Waals surface area contributed by atoms with E-state index in [1.165, 1.54) is 11.3 Å². The molecule has 2 aromatic rings. The molecule has 2 unspecified atom stereocenters. The van der Waals surface area contributed by atoms with Gasteiger partial charge < -0.3 is 15.7 Å². The lowest BCUT2D eigenvalue weighted by Gasteiger charge is -2.34. The van der Waals surface area contributed by atoms with Crippen LogP contribution in [0.5, 0.6) is 5.75 Å². The molecule has 3 nitrogen and oxygen atoms in total. The van der Waals surface area contributed by atoms with Crippen LogP contribution in [0.2, 0.25) is 0 Å². The number of phenolic OH excluding ortho intramolecular Hbond substituents is 1. The Morgan fingerprint density at radius 2 is 2.05 bits per heavy atom. The third-order valence-corrected chi connectivity index (χ3v) is 4.07. The molecular weight excluding hydrogens is 248 g/mol. The van der Waals surface area contributed by atoms with Crippen LogP contribution in [0.25, 0.3) is 0 Å². The highest BCUT2D eigenvalue weighted by molar-refractivity contribution is 5.61. The van der Waals surface area contributed by atoms with Gasteiger partial charge in [0.25, 0.3) is 0 Å². The molecule has 2 aromatic carbocycles. The molecule has 3 rings (SSSR count). The van der Waals surface area contributed by atoms with Gasteiger partial charge in [0.2, 0.25) is 0 Å². The van der Waals surface area contributed by atoms with E-state index in [1.54, 1.807) is 6.07 Å². The van der Waals surface area contributed by atoms with E-state index in [0.717, 1.165) is 12.0 Å². The van der Waals surface area contributed by atoms with Crippen LogP contribution in [0.3, 0.4) is 0 Å². The quantitative estimate of drug-likeness (QED) is 0.900. The number of hydrogen-bond donors (Lipinski definition) is 2. The van der Waals surface area contributed by atoms with Gasteiger partial charge in [-0.15, -0.1) is 0 Å². The molecule has 1 aliphatic rings. The predicted octanol–water partition coefficient (Wildman–Crippen LogP) is 2.84. The van der Waals surface area contributed by atoms with Gasteiger partial charge in [0.05, 0.1) is 6.04 Å². The minimum absolute atomic E-state index is 0.0979. The summed E-state index contributed by atoms with van der Waals surface area (Å²) in [5.41, 5.74) is 9.73. The molecule has 0 saturated heterocycles. The maximum Gasteiger partial charge on any atom is 0.115 e. The van der Waals surface area contributed by atoms with Crippen LogP contribution in [0.1, 0.15) is 24.1 Å². The van der Waals surface area contributed by atoms with Gasteiger partial charge in [-0.25, -0.2) is 0 Å². The first-order valence-corrected chi connectivity index (χ1v) is 7.06. The third kappa shape index (κ3) is 2.14. The summed E-state index contributed by atoms with van der Waals surface area (Å²) < 4.78 is 0. The number of fused-ring (bicyclic) bond motifs is 1. The van der Waals surface area contributed by atoms with E-state index >= 15 is 0 Å². The second kappa shape index (κ2) is 5.17. The molecule has 0 bridgehead atoms. The van der Waals surface area contributed by atoms with Crippen LogP contribution in [0.15, 0.2) is 48.5 Å². The van der Waals surface area contributed by atoms with Crippen molar-refractivity contribution in [2.45, 2.75) is 25.4 Å². The molecule has 0 saturated carbocycles. The van der Waals surface area contributed by atoms with Crippen molar-refractivity contribution >= 4 is 5.69 Å². The van der Waals surface area contributed by atoms with Crippen molar-refractivity contribution in [3.8, 4) is 5.75 Å². The number of aromatic hydroxyl groups is 1. The SMILES string of the molecule is CC1Cc2ccccc2N1C(CN)c1cccc(O)c1. The first kappa shape index (κ1) is 13.0. The third-order valence-electron chi connectivity index (χ3n) is 4.07. The highest BCUT2D eigenvalue weighted by Crippen LogP contribution is 2.38. The summed E-state index contributed by atoms with van der Waals surface area (Å²) in [4.78, 5) is 2.38. The molecule has 0 fully saturated rings. The highest BCUT2D eigenvalue weighted by atomic mass is 16.3. The van der Waals surface area contributed by atoms with Crippen LogP contribution in [-0.2, 0) is 6.42 Å². The maximum absolute atomic E-state index is 9.70. The van der Waals surface area contributed by atoms with Gasteiger partial charge in [-0.2, -0.15) is 0 Å². The molecule has 20 heavy (non-hydrogen) atoms. The van der Waals surface area contributed by atoms with Crippen LogP contribution in [-0.4, -0.2) is 17.7 Å². The van der Waals surface area contributed by atoms with Crippen LogP contribution in [0, 0.1) is 0 Å². The van der Waals surface area contributed by atoms with E-state index in [2.05, 4.69) is 36.1 Å². The van der Waals surface area contributed by atoms with Crippen molar-refractivity contribution in [2.75, 3.05) is 11.4 Å². The summed E-state index contributed by atoms with van der Waals surface area (Å²) >= 11 is 0. The summed E-state index contributed by atoms with van der Waals surface area (Å²) in [6.07, 6.45) is 1.05. The molecule has 3 heteroatoms. The number of anilines is 1. The molecule has 2 atom stereocenters. The van der Waals surface area contributed by atoms with Crippen molar-refractivity contribution in [1.29, 1.82) is 0 Å². The van der Waals surface area contributed by atoms with Gasteiger partial charge in [-0.1, -0.05) is 30.3 Å². The van der Waals surface area contributed by atoms with Gasteiger partial charge >= 0.3 is 0 Å². The number of benzene rings is 2. The fraction of sp³-hybridized carbons (Fsp3) is 0.294. The Kier molecular flexibility index (Phi) is 3.36. The van der Waals surface area contributed by atoms with Crippen molar-refractivity contribution in [2.24, 2.45) is 5.73 Å². The molecule has 1 aliphatic heterocycles.